The Bertz CT molecular complexity index is 995. The van der Waals surface area contributed by atoms with Crippen LogP contribution in [0.3, 0.4) is 0 Å². The van der Waals surface area contributed by atoms with Crippen LogP contribution in [-0.4, -0.2) is 39.5 Å². The van der Waals surface area contributed by atoms with Gasteiger partial charge in [-0.2, -0.15) is 0 Å². The number of rotatable bonds is 4. The molecular formula is C19H19ClN4. The van der Waals surface area contributed by atoms with Crippen LogP contribution in [0.25, 0.3) is 28.1 Å². The molecule has 4 nitrogen and oxygen atoms in total. The molecule has 0 saturated carbocycles. The number of fused-ring (bicyclic) bond motifs is 3. The summed E-state index contributed by atoms with van der Waals surface area (Å²) in [6.07, 6.45) is 2.17. The minimum absolute atomic E-state index is 0.750. The Balaban J connectivity index is 1.93. The summed E-state index contributed by atoms with van der Waals surface area (Å²) < 4.78 is 4.46. The van der Waals surface area contributed by atoms with Gasteiger partial charge in [0.2, 0.25) is 5.78 Å². The van der Waals surface area contributed by atoms with Crippen molar-refractivity contribution in [2.75, 3.05) is 20.6 Å². The molecule has 2 aromatic heterocycles. The maximum absolute atomic E-state index is 6.05. The molecule has 0 aliphatic heterocycles. The molecule has 0 N–H and O–H groups in total. The van der Waals surface area contributed by atoms with E-state index in [1.54, 1.807) is 0 Å². The van der Waals surface area contributed by atoms with E-state index in [4.69, 9.17) is 16.6 Å². The number of para-hydroxylation sites is 2. The third-order valence-corrected chi connectivity index (χ3v) is 4.52. The molecule has 24 heavy (non-hydrogen) atoms. The van der Waals surface area contributed by atoms with E-state index in [1.165, 1.54) is 0 Å². The third kappa shape index (κ3) is 2.58. The average molecular weight is 339 g/mol. The highest BCUT2D eigenvalue weighted by atomic mass is 35.5. The molecule has 0 saturated heterocycles. The van der Waals surface area contributed by atoms with Gasteiger partial charge >= 0.3 is 0 Å². The molecule has 0 bridgehead atoms. The maximum Gasteiger partial charge on any atom is 0.215 e. The number of benzene rings is 2. The van der Waals surface area contributed by atoms with Gasteiger partial charge in [-0.1, -0.05) is 35.9 Å². The van der Waals surface area contributed by atoms with Crippen LogP contribution in [0.15, 0.2) is 54.7 Å². The fraction of sp³-hybridized carbons (Fsp3) is 0.211. The zero-order valence-corrected chi connectivity index (χ0v) is 14.5. The SMILES string of the molecule is CN(C)CCn1c(-c2ccc(Cl)cc2)cn2c3ccccc3nc12. The standard InChI is InChI=1S/C19H19ClN4/c1-22(2)11-12-23-18(14-7-9-15(20)10-8-14)13-24-17-6-4-3-5-16(17)21-19(23)24/h3-10,13H,11-12H2,1-2H3. The Morgan fingerprint density at radius 2 is 1.79 bits per heavy atom. The average Bonchev–Trinajstić information content (AvgIpc) is 3.09. The maximum atomic E-state index is 6.05. The lowest BCUT2D eigenvalue weighted by atomic mass is 10.1. The first-order valence-electron chi connectivity index (χ1n) is 8.00. The van der Waals surface area contributed by atoms with Gasteiger partial charge in [-0.15, -0.1) is 0 Å². The highest BCUT2D eigenvalue weighted by molar-refractivity contribution is 6.30. The Hall–Kier alpha value is -2.30. The van der Waals surface area contributed by atoms with Gasteiger partial charge in [-0.25, -0.2) is 4.98 Å². The fourth-order valence-corrected chi connectivity index (χ4v) is 3.15. The number of imidazole rings is 2. The number of halogens is 1. The minimum Gasteiger partial charge on any atom is -0.308 e. The quantitative estimate of drug-likeness (QED) is 0.558. The highest BCUT2D eigenvalue weighted by Crippen LogP contribution is 2.27. The summed E-state index contributed by atoms with van der Waals surface area (Å²) in [7, 11) is 4.18. The Morgan fingerprint density at radius 1 is 1.04 bits per heavy atom. The van der Waals surface area contributed by atoms with Crippen molar-refractivity contribution in [2.24, 2.45) is 0 Å². The number of hydrogen-bond donors (Lipinski definition) is 0. The van der Waals surface area contributed by atoms with E-state index in [0.717, 1.165) is 46.2 Å². The summed E-state index contributed by atoms with van der Waals surface area (Å²) in [4.78, 5) is 7.02. The normalized spacial score (nSPS) is 11.8. The molecule has 122 valence electrons. The first-order valence-corrected chi connectivity index (χ1v) is 8.38. The number of aromatic nitrogens is 3. The molecule has 2 aromatic carbocycles. The first kappa shape index (κ1) is 15.2. The second-order valence-electron chi connectivity index (χ2n) is 6.25. The number of hydrogen-bond acceptors (Lipinski definition) is 2. The Morgan fingerprint density at radius 3 is 2.54 bits per heavy atom. The summed E-state index contributed by atoms with van der Waals surface area (Å²) in [5.74, 6) is 0.975. The molecule has 0 unspecified atom stereocenters. The minimum atomic E-state index is 0.750. The summed E-state index contributed by atoms with van der Waals surface area (Å²) in [5.41, 5.74) is 4.45. The molecule has 0 amide bonds. The van der Waals surface area contributed by atoms with Crippen molar-refractivity contribution >= 4 is 28.4 Å². The van der Waals surface area contributed by atoms with E-state index in [0.29, 0.717) is 0 Å². The van der Waals surface area contributed by atoms with Crippen molar-refractivity contribution < 1.29 is 0 Å². The van der Waals surface area contributed by atoms with Crippen LogP contribution in [0.2, 0.25) is 5.02 Å². The van der Waals surface area contributed by atoms with Crippen LogP contribution < -0.4 is 0 Å². The monoisotopic (exact) mass is 338 g/mol. The first-order chi connectivity index (χ1) is 11.6. The summed E-state index contributed by atoms with van der Waals surface area (Å²) in [6.45, 7) is 1.83. The van der Waals surface area contributed by atoms with E-state index in [2.05, 4.69) is 64.5 Å². The summed E-state index contributed by atoms with van der Waals surface area (Å²) >= 11 is 6.05. The van der Waals surface area contributed by atoms with Crippen LogP contribution in [0, 0.1) is 0 Å². The molecule has 0 aliphatic carbocycles. The Labute approximate surface area is 145 Å². The van der Waals surface area contributed by atoms with Gasteiger partial charge in [0, 0.05) is 24.3 Å². The lowest BCUT2D eigenvalue weighted by Gasteiger charge is -2.13. The second-order valence-corrected chi connectivity index (χ2v) is 6.68. The van der Waals surface area contributed by atoms with Gasteiger partial charge in [0.25, 0.3) is 0 Å². The zero-order chi connectivity index (χ0) is 16.7. The molecule has 0 radical (unpaired) electrons. The molecule has 0 fully saturated rings. The summed E-state index contributed by atoms with van der Waals surface area (Å²) in [6, 6.07) is 16.2. The van der Waals surface area contributed by atoms with E-state index >= 15 is 0 Å². The van der Waals surface area contributed by atoms with Crippen molar-refractivity contribution in [3.8, 4) is 11.3 Å². The van der Waals surface area contributed by atoms with Crippen molar-refractivity contribution in [3.63, 3.8) is 0 Å². The lowest BCUT2D eigenvalue weighted by molar-refractivity contribution is 0.387. The topological polar surface area (TPSA) is 25.5 Å². The van der Waals surface area contributed by atoms with Crippen LogP contribution in [0.5, 0.6) is 0 Å². The van der Waals surface area contributed by atoms with Gasteiger partial charge in [0.05, 0.1) is 16.7 Å². The van der Waals surface area contributed by atoms with Gasteiger partial charge in [-0.3, -0.25) is 4.40 Å². The molecule has 0 atom stereocenters. The van der Waals surface area contributed by atoms with E-state index in [-0.39, 0.29) is 0 Å². The smallest absolute Gasteiger partial charge is 0.215 e. The molecule has 4 aromatic rings. The lowest BCUT2D eigenvalue weighted by Crippen LogP contribution is -2.19. The third-order valence-electron chi connectivity index (χ3n) is 4.27. The van der Waals surface area contributed by atoms with Gasteiger partial charge < -0.3 is 9.47 Å². The molecule has 0 aliphatic rings. The highest BCUT2D eigenvalue weighted by Gasteiger charge is 2.15. The second kappa shape index (κ2) is 5.96. The molecule has 4 rings (SSSR count). The molecular weight excluding hydrogens is 320 g/mol. The predicted octanol–water partition coefficient (Wildman–Crippen LogP) is 4.17. The van der Waals surface area contributed by atoms with E-state index in [1.807, 2.05) is 18.2 Å². The summed E-state index contributed by atoms with van der Waals surface area (Å²) in [5, 5.41) is 0.750. The van der Waals surface area contributed by atoms with Crippen LogP contribution in [0.1, 0.15) is 0 Å². The van der Waals surface area contributed by atoms with Crippen LogP contribution in [0.4, 0.5) is 0 Å². The van der Waals surface area contributed by atoms with Gasteiger partial charge in [0.1, 0.15) is 0 Å². The van der Waals surface area contributed by atoms with Crippen molar-refractivity contribution in [1.82, 2.24) is 18.9 Å². The van der Waals surface area contributed by atoms with Crippen LogP contribution in [-0.2, 0) is 6.54 Å². The van der Waals surface area contributed by atoms with E-state index in [9.17, 15) is 0 Å². The van der Waals surface area contributed by atoms with E-state index < -0.39 is 0 Å². The van der Waals surface area contributed by atoms with Crippen LogP contribution >= 0.6 is 11.6 Å². The largest absolute Gasteiger partial charge is 0.308 e. The van der Waals surface area contributed by atoms with Crippen molar-refractivity contribution in [1.29, 1.82) is 0 Å². The number of likely N-dealkylation sites (N-methyl/N-ethyl adjacent to an activating group) is 1. The molecule has 0 spiro atoms. The fourth-order valence-electron chi connectivity index (χ4n) is 3.02. The molecule has 2 heterocycles. The Kier molecular flexibility index (Phi) is 3.79. The van der Waals surface area contributed by atoms with Gasteiger partial charge in [-0.05, 0) is 43.9 Å². The zero-order valence-electron chi connectivity index (χ0n) is 13.8. The van der Waals surface area contributed by atoms with Gasteiger partial charge in [0.15, 0.2) is 0 Å². The van der Waals surface area contributed by atoms with Crippen molar-refractivity contribution in [2.45, 2.75) is 6.54 Å². The van der Waals surface area contributed by atoms with Crippen molar-refractivity contribution in [3.05, 3.63) is 59.8 Å². The molecule has 5 heteroatoms. The predicted molar refractivity (Wildman–Crippen MR) is 99.7 cm³/mol. The number of nitrogens with zero attached hydrogens (tertiary/aromatic N) is 4.